The number of aromatic amines is 1. The summed E-state index contributed by atoms with van der Waals surface area (Å²) in [6.45, 7) is 2.44. The quantitative estimate of drug-likeness (QED) is 0.348. The van der Waals surface area contributed by atoms with Gasteiger partial charge in [0.25, 0.3) is 11.5 Å². The molecule has 1 amide bonds. The zero-order chi connectivity index (χ0) is 22.1. The van der Waals surface area contributed by atoms with Crippen molar-refractivity contribution < 1.29 is 19.1 Å². The third kappa shape index (κ3) is 3.82. The number of nitrogens with zero attached hydrogens (tertiary/aromatic N) is 1. The zero-order valence-corrected chi connectivity index (χ0v) is 18.2. The normalized spacial score (nSPS) is 10.9. The van der Waals surface area contributed by atoms with E-state index >= 15 is 0 Å². The van der Waals surface area contributed by atoms with Crippen LogP contribution in [0.5, 0.6) is 5.75 Å². The molecule has 0 bridgehead atoms. The van der Waals surface area contributed by atoms with Gasteiger partial charge in [0.05, 0.1) is 30.2 Å². The summed E-state index contributed by atoms with van der Waals surface area (Å²) in [7, 11) is 1.28. The van der Waals surface area contributed by atoms with Gasteiger partial charge in [-0.05, 0) is 61.6 Å². The first-order valence-corrected chi connectivity index (χ1v) is 10.5. The number of H-pyrrole nitrogens is 1. The molecule has 0 unspecified atom stereocenters. The molecule has 2 aromatic carbocycles. The highest BCUT2D eigenvalue weighted by Crippen LogP contribution is 2.25. The highest BCUT2D eigenvalue weighted by molar-refractivity contribution is 7.73. The fourth-order valence-corrected chi connectivity index (χ4v) is 4.45. The zero-order valence-electron chi connectivity index (χ0n) is 16.6. The van der Waals surface area contributed by atoms with E-state index in [1.54, 1.807) is 28.7 Å². The molecule has 0 aliphatic heterocycles. The van der Waals surface area contributed by atoms with E-state index in [0.717, 1.165) is 11.3 Å². The average Bonchev–Trinajstić information content (AvgIpc) is 3.10. The van der Waals surface area contributed by atoms with Crippen molar-refractivity contribution in [3.63, 3.8) is 0 Å². The number of carbonyl (C=O) groups is 2. The van der Waals surface area contributed by atoms with Crippen LogP contribution < -0.4 is 15.6 Å². The van der Waals surface area contributed by atoms with E-state index in [9.17, 15) is 14.4 Å². The molecule has 158 valence electrons. The molecular weight excluding hydrogens is 438 g/mol. The van der Waals surface area contributed by atoms with Gasteiger partial charge in [0, 0.05) is 5.69 Å². The number of ether oxygens (including phenoxy) is 2. The Morgan fingerprint density at radius 1 is 1.19 bits per heavy atom. The van der Waals surface area contributed by atoms with Crippen molar-refractivity contribution in [1.29, 1.82) is 0 Å². The molecule has 0 fully saturated rings. The molecule has 0 spiro atoms. The van der Waals surface area contributed by atoms with Crippen LogP contribution >= 0.6 is 23.6 Å². The predicted octanol–water partition coefficient (Wildman–Crippen LogP) is 4.01. The lowest BCUT2D eigenvalue weighted by atomic mass is 10.1. The van der Waals surface area contributed by atoms with Crippen molar-refractivity contribution in [2.75, 3.05) is 19.0 Å². The topological polar surface area (TPSA) is 102 Å². The van der Waals surface area contributed by atoms with Crippen LogP contribution in [0.3, 0.4) is 0 Å². The predicted molar refractivity (Wildman–Crippen MR) is 121 cm³/mol. The molecule has 2 heterocycles. The number of nitrogens with one attached hydrogen (secondary N) is 2. The summed E-state index contributed by atoms with van der Waals surface area (Å²) in [5.74, 6) is -0.255. The molecule has 8 nitrogen and oxygen atoms in total. The largest absolute Gasteiger partial charge is 0.494 e. The number of thiazole rings is 1. The van der Waals surface area contributed by atoms with Crippen molar-refractivity contribution >= 4 is 57.7 Å². The second kappa shape index (κ2) is 8.32. The number of aromatic nitrogens is 2. The van der Waals surface area contributed by atoms with Crippen molar-refractivity contribution in [3.8, 4) is 5.75 Å². The summed E-state index contributed by atoms with van der Waals surface area (Å²) in [6, 6.07) is 11.5. The third-order valence-electron chi connectivity index (χ3n) is 4.58. The monoisotopic (exact) mass is 455 g/mol. The van der Waals surface area contributed by atoms with Crippen LogP contribution in [0.4, 0.5) is 5.69 Å². The minimum absolute atomic E-state index is 0.251. The molecule has 4 rings (SSSR count). The van der Waals surface area contributed by atoms with E-state index in [2.05, 4.69) is 10.3 Å². The first kappa shape index (κ1) is 20.8. The van der Waals surface area contributed by atoms with Gasteiger partial charge in [0.15, 0.2) is 3.95 Å². The minimum Gasteiger partial charge on any atom is -0.494 e. The summed E-state index contributed by atoms with van der Waals surface area (Å²) in [6.07, 6.45) is 0. The Bertz CT molecular complexity index is 1430. The van der Waals surface area contributed by atoms with E-state index in [-0.39, 0.29) is 16.1 Å². The molecule has 0 radical (unpaired) electrons. The molecule has 2 N–H and O–H groups in total. The molecule has 0 saturated carbocycles. The van der Waals surface area contributed by atoms with Gasteiger partial charge in [-0.2, -0.15) is 0 Å². The fourth-order valence-electron chi connectivity index (χ4n) is 3.18. The standard InChI is InChI=1S/C21H17N3O5S2/c1-3-29-13-7-5-12(6-8-13)22-19(26)16-17-23-18(25)14-9-4-11(20(27)28-2)10-15(14)24(17)21(30)31-16/h4-10H,3H2,1-2H3,(H,22,26)(H,23,25). The van der Waals surface area contributed by atoms with Crippen LogP contribution in [0.15, 0.2) is 47.3 Å². The van der Waals surface area contributed by atoms with Crippen LogP contribution in [0, 0.1) is 3.95 Å². The SMILES string of the molecule is CCOc1ccc(NC(=O)c2sc(=S)n3c2[nH]c(=O)c2ccc(C(=O)OC)cc23)cc1. The number of rotatable bonds is 5. The molecule has 0 saturated heterocycles. The van der Waals surface area contributed by atoms with Crippen molar-refractivity contribution in [3.05, 3.63) is 67.2 Å². The molecule has 2 aromatic heterocycles. The second-order valence-corrected chi connectivity index (χ2v) is 8.11. The summed E-state index contributed by atoms with van der Waals surface area (Å²) in [5, 5.41) is 3.14. The Morgan fingerprint density at radius 3 is 2.61 bits per heavy atom. The maximum Gasteiger partial charge on any atom is 0.337 e. The van der Waals surface area contributed by atoms with Gasteiger partial charge < -0.3 is 19.8 Å². The summed E-state index contributed by atoms with van der Waals surface area (Å²) in [5.41, 5.74) is 1.13. The summed E-state index contributed by atoms with van der Waals surface area (Å²) in [4.78, 5) is 40.5. The van der Waals surface area contributed by atoms with Crippen molar-refractivity contribution in [2.24, 2.45) is 0 Å². The molecular formula is C21H17N3O5S2. The van der Waals surface area contributed by atoms with Crippen LogP contribution in [0.25, 0.3) is 16.6 Å². The number of hydrogen-bond acceptors (Lipinski definition) is 7. The Kier molecular flexibility index (Phi) is 5.57. The van der Waals surface area contributed by atoms with E-state index in [1.807, 2.05) is 6.92 Å². The smallest absolute Gasteiger partial charge is 0.337 e. The van der Waals surface area contributed by atoms with Crippen molar-refractivity contribution in [2.45, 2.75) is 6.92 Å². The minimum atomic E-state index is -0.537. The van der Waals surface area contributed by atoms with E-state index < -0.39 is 17.4 Å². The molecule has 10 heteroatoms. The highest BCUT2D eigenvalue weighted by atomic mass is 32.1. The van der Waals surface area contributed by atoms with E-state index in [1.165, 1.54) is 25.3 Å². The molecule has 31 heavy (non-hydrogen) atoms. The van der Waals surface area contributed by atoms with Gasteiger partial charge in [0.2, 0.25) is 0 Å². The fraction of sp³-hybridized carbons (Fsp3) is 0.143. The second-order valence-electron chi connectivity index (χ2n) is 6.47. The number of fused-ring (bicyclic) bond motifs is 3. The summed E-state index contributed by atoms with van der Waals surface area (Å²) < 4.78 is 12.1. The highest BCUT2D eigenvalue weighted by Gasteiger charge is 2.19. The van der Waals surface area contributed by atoms with Gasteiger partial charge >= 0.3 is 5.97 Å². The average molecular weight is 456 g/mol. The number of carbonyl (C=O) groups excluding carboxylic acids is 2. The Morgan fingerprint density at radius 2 is 1.94 bits per heavy atom. The number of amides is 1. The third-order valence-corrected chi connectivity index (χ3v) is 5.95. The lowest BCUT2D eigenvalue weighted by Gasteiger charge is -2.07. The first-order chi connectivity index (χ1) is 14.9. The molecule has 0 atom stereocenters. The van der Waals surface area contributed by atoms with Gasteiger partial charge in [-0.25, -0.2) is 4.79 Å². The maximum absolute atomic E-state index is 12.9. The van der Waals surface area contributed by atoms with Gasteiger partial charge in [-0.1, -0.05) is 11.3 Å². The Hall–Kier alpha value is -3.50. The maximum atomic E-state index is 12.9. The Labute approximate surface area is 185 Å². The lowest BCUT2D eigenvalue weighted by molar-refractivity contribution is 0.0600. The molecule has 0 aliphatic carbocycles. The van der Waals surface area contributed by atoms with Gasteiger partial charge in [-0.15, -0.1) is 0 Å². The van der Waals surface area contributed by atoms with E-state index in [0.29, 0.717) is 32.9 Å². The number of esters is 1. The van der Waals surface area contributed by atoms with Crippen LogP contribution in [-0.2, 0) is 4.74 Å². The number of methoxy groups -OCH3 is 1. The van der Waals surface area contributed by atoms with Crippen molar-refractivity contribution in [1.82, 2.24) is 9.38 Å². The summed E-state index contributed by atoms with van der Waals surface area (Å²) >= 11 is 6.52. The Balaban J connectivity index is 1.80. The van der Waals surface area contributed by atoms with Crippen LogP contribution in [-0.4, -0.2) is 35.0 Å². The molecule has 0 aliphatic rings. The number of hydrogen-bond donors (Lipinski definition) is 2. The number of benzene rings is 2. The first-order valence-electron chi connectivity index (χ1n) is 9.27. The lowest BCUT2D eigenvalue weighted by Crippen LogP contribution is -2.15. The van der Waals surface area contributed by atoms with E-state index in [4.69, 9.17) is 21.7 Å². The number of anilines is 1. The van der Waals surface area contributed by atoms with Gasteiger partial charge in [0.1, 0.15) is 16.3 Å². The molecule has 4 aromatic rings. The van der Waals surface area contributed by atoms with Crippen LogP contribution in [0.2, 0.25) is 0 Å². The van der Waals surface area contributed by atoms with Gasteiger partial charge in [-0.3, -0.25) is 14.0 Å². The van der Waals surface area contributed by atoms with Crippen LogP contribution in [0.1, 0.15) is 27.0 Å².